The van der Waals surface area contributed by atoms with Gasteiger partial charge in [0.15, 0.2) is 5.82 Å². The van der Waals surface area contributed by atoms with Crippen molar-refractivity contribution in [3.8, 4) is 0 Å². The van der Waals surface area contributed by atoms with Crippen LogP contribution in [0, 0.1) is 10.8 Å². The van der Waals surface area contributed by atoms with Crippen molar-refractivity contribution in [2.75, 3.05) is 50.0 Å². The van der Waals surface area contributed by atoms with E-state index in [1.807, 2.05) is 27.7 Å². The van der Waals surface area contributed by atoms with Gasteiger partial charge in [0.05, 0.1) is 31.9 Å². The molecule has 0 radical (unpaired) electrons. The average Bonchev–Trinajstić information content (AvgIpc) is 2.99. The maximum atomic E-state index is 12.4. The van der Waals surface area contributed by atoms with Crippen molar-refractivity contribution in [1.29, 1.82) is 5.41 Å². The Morgan fingerprint density at radius 3 is 2.68 bits per heavy atom. The van der Waals surface area contributed by atoms with Crippen LogP contribution in [0.3, 0.4) is 0 Å². The maximum Gasteiger partial charge on any atom is 0.229 e. The van der Waals surface area contributed by atoms with Crippen LogP contribution < -0.4 is 16.0 Å². The fraction of sp³-hybridized carbons (Fsp3) is 0.484. The summed E-state index contributed by atoms with van der Waals surface area (Å²) in [5, 5.41) is 27.5. The standard InChI is InChI=1S/C31H44ClN9O3/c1-6-22(17-27(43)39-26(33)18-25(42)31(3,4)5)9-10-23(32)21(2)38-29-28-24(36-20-37-29)19-35-30(40-28)34-11-7-8-12-41-13-15-44-16-14-41/h6,9-10,18-21,42H,1,7-8,11-17H2,2-5H3,(H2,33,39,43)(H,34,35,40)(H,36,37,38)/b22-9+,23-10+,25-18-. The number of anilines is 2. The molecule has 1 fully saturated rings. The number of unbranched alkanes of at least 4 members (excludes halogenated alkanes) is 1. The summed E-state index contributed by atoms with van der Waals surface area (Å²) >= 11 is 6.59. The number of aromatic nitrogens is 4. The molecule has 0 aromatic carbocycles. The molecule has 0 saturated carbocycles. The molecule has 1 aliphatic heterocycles. The number of aliphatic hydroxyl groups excluding tert-OH is 1. The molecule has 1 amide bonds. The Morgan fingerprint density at radius 1 is 1.23 bits per heavy atom. The van der Waals surface area contributed by atoms with E-state index in [-0.39, 0.29) is 24.1 Å². The smallest absolute Gasteiger partial charge is 0.229 e. The van der Waals surface area contributed by atoms with Gasteiger partial charge in [-0.2, -0.15) is 0 Å². The lowest BCUT2D eigenvalue weighted by molar-refractivity contribution is -0.118. The van der Waals surface area contributed by atoms with Crippen LogP contribution in [0.2, 0.25) is 0 Å². The number of fused-ring (bicyclic) bond motifs is 1. The third-order valence-electron chi connectivity index (χ3n) is 6.84. The minimum atomic E-state index is -0.525. The topological polar surface area (TPSA) is 161 Å². The molecule has 1 saturated heterocycles. The fourth-order valence-corrected chi connectivity index (χ4v) is 4.22. The first-order valence-corrected chi connectivity index (χ1v) is 15.1. The highest BCUT2D eigenvalue weighted by molar-refractivity contribution is 6.30. The van der Waals surface area contributed by atoms with Crippen LogP contribution in [0.25, 0.3) is 11.0 Å². The van der Waals surface area contributed by atoms with Gasteiger partial charge < -0.3 is 25.8 Å². The number of rotatable bonds is 14. The number of nitrogens with zero attached hydrogens (tertiary/aromatic N) is 5. The summed E-state index contributed by atoms with van der Waals surface area (Å²) < 4.78 is 5.40. The van der Waals surface area contributed by atoms with E-state index in [4.69, 9.17) is 21.7 Å². The molecule has 5 N–H and O–H groups in total. The normalized spacial score (nSPS) is 16.0. The van der Waals surface area contributed by atoms with E-state index in [0.29, 0.717) is 33.4 Å². The first kappa shape index (κ1) is 34.6. The second kappa shape index (κ2) is 16.8. The Bertz CT molecular complexity index is 1400. The summed E-state index contributed by atoms with van der Waals surface area (Å²) in [5.41, 5.74) is 1.25. The van der Waals surface area contributed by atoms with Crippen LogP contribution in [-0.2, 0) is 9.53 Å². The second-order valence-electron chi connectivity index (χ2n) is 11.5. The molecule has 12 nitrogen and oxygen atoms in total. The SMILES string of the molecule is C=C/C(=C\C=C(\Cl)C(C)Nc1ncnc2cnc(NCCCCN3CCOCC3)nc12)CC(=O)NC(=N)/C=C(\O)C(C)(C)C. The number of amidine groups is 1. The van der Waals surface area contributed by atoms with Gasteiger partial charge in [-0.25, -0.2) is 19.9 Å². The first-order valence-electron chi connectivity index (χ1n) is 14.7. The average molecular weight is 626 g/mol. The number of carbonyl (C=O) groups excluding carboxylic acids is 1. The Labute approximate surface area is 264 Å². The van der Waals surface area contributed by atoms with E-state index in [2.05, 4.69) is 47.4 Å². The van der Waals surface area contributed by atoms with Crippen LogP contribution in [0.1, 0.15) is 47.0 Å². The number of halogens is 1. The molecule has 2 aromatic heterocycles. The van der Waals surface area contributed by atoms with Crippen LogP contribution >= 0.6 is 11.6 Å². The number of carbonyl (C=O) groups is 1. The first-order chi connectivity index (χ1) is 21.0. The molecule has 1 atom stereocenters. The molecule has 13 heteroatoms. The van der Waals surface area contributed by atoms with Gasteiger partial charge in [-0.05, 0) is 38.0 Å². The number of allylic oxidation sites excluding steroid dienone is 4. The highest BCUT2D eigenvalue weighted by Gasteiger charge is 2.17. The summed E-state index contributed by atoms with van der Waals surface area (Å²) in [4.78, 5) is 32.6. The van der Waals surface area contributed by atoms with Gasteiger partial charge >= 0.3 is 0 Å². The number of nitrogens with one attached hydrogen (secondary N) is 4. The molecule has 0 spiro atoms. The number of hydrogen-bond donors (Lipinski definition) is 5. The fourth-order valence-electron chi connectivity index (χ4n) is 4.10. The lowest BCUT2D eigenvalue weighted by atomic mass is 9.93. The molecule has 238 valence electrons. The Morgan fingerprint density at radius 2 is 1.98 bits per heavy atom. The summed E-state index contributed by atoms with van der Waals surface area (Å²) in [6.07, 6.45) is 11.3. The van der Waals surface area contributed by atoms with Crippen molar-refractivity contribution in [1.82, 2.24) is 30.2 Å². The molecular formula is C31H44ClN9O3. The van der Waals surface area contributed by atoms with Crippen molar-refractivity contribution >= 4 is 46.1 Å². The highest BCUT2D eigenvalue weighted by Crippen LogP contribution is 2.23. The van der Waals surface area contributed by atoms with Gasteiger partial charge in [0.25, 0.3) is 0 Å². The summed E-state index contributed by atoms with van der Waals surface area (Å²) in [6, 6.07) is -0.337. The molecule has 0 bridgehead atoms. The summed E-state index contributed by atoms with van der Waals surface area (Å²) in [6.45, 7) is 16.5. The molecule has 3 rings (SSSR count). The van der Waals surface area contributed by atoms with Crippen molar-refractivity contribution in [2.45, 2.75) is 53.0 Å². The van der Waals surface area contributed by atoms with E-state index in [1.54, 1.807) is 24.4 Å². The second-order valence-corrected chi connectivity index (χ2v) is 12.0. The zero-order valence-electron chi connectivity index (χ0n) is 26.0. The van der Waals surface area contributed by atoms with E-state index in [0.717, 1.165) is 52.2 Å². The number of amides is 1. The lowest BCUT2D eigenvalue weighted by Crippen LogP contribution is -2.36. The van der Waals surface area contributed by atoms with E-state index in [1.165, 1.54) is 12.4 Å². The van der Waals surface area contributed by atoms with E-state index >= 15 is 0 Å². The number of morpholine rings is 1. The van der Waals surface area contributed by atoms with Gasteiger partial charge in [0.1, 0.15) is 29.0 Å². The van der Waals surface area contributed by atoms with Crippen molar-refractivity contribution < 1.29 is 14.6 Å². The highest BCUT2D eigenvalue weighted by atomic mass is 35.5. The maximum absolute atomic E-state index is 12.4. The molecule has 1 unspecified atom stereocenters. The predicted octanol–water partition coefficient (Wildman–Crippen LogP) is 4.95. The molecule has 0 aliphatic carbocycles. The van der Waals surface area contributed by atoms with Gasteiger partial charge in [0, 0.05) is 36.2 Å². The quantitative estimate of drug-likeness (QED) is 0.0638. The van der Waals surface area contributed by atoms with Crippen molar-refractivity contribution in [3.05, 3.63) is 59.8 Å². The number of hydrogen-bond acceptors (Lipinski definition) is 11. The Kier molecular flexibility index (Phi) is 13.2. The number of aliphatic hydroxyl groups is 1. The lowest BCUT2D eigenvalue weighted by Gasteiger charge is -2.26. The third kappa shape index (κ3) is 11.3. The predicted molar refractivity (Wildman–Crippen MR) is 176 cm³/mol. The largest absolute Gasteiger partial charge is 0.512 e. The minimum absolute atomic E-state index is 0.00372. The van der Waals surface area contributed by atoms with Crippen LogP contribution in [-0.4, -0.2) is 87.1 Å². The van der Waals surface area contributed by atoms with Crippen LogP contribution in [0.5, 0.6) is 0 Å². The molecular weight excluding hydrogens is 582 g/mol. The minimum Gasteiger partial charge on any atom is -0.512 e. The number of ether oxygens (including phenoxy) is 1. The summed E-state index contributed by atoms with van der Waals surface area (Å²) in [7, 11) is 0. The van der Waals surface area contributed by atoms with Gasteiger partial charge in [-0.3, -0.25) is 15.1 Å². The third-order valence-corrected chi connectivity index (χ3v) is 7.29. The molecule has 1 aliphatic rings. The van der Waals surface area contributed by atoms with Crippen molar-refractivity contribution in [2.24, 2.45) is 5.41 Å². The van der Waals surface area contributed by atoms with Gasteiger partial charge in [-0.15, -0.1) is 0 Å². The summed E-state index contributed by atoms with van der Waals surface area (Å²) in [5.74, 6) is 0.418. The van der Waals surface area contributed by atoms with Gasteiger partial charge in [-0.1, -0.05) is 51.1 Å². The molecule has 44 heavy (non-hydrogen) atoms. The molecule has 3 heterocycles. The van der Waals surface area contributed by atoms with Crippen molar-refractivity contribution in [3.63, 3.8) is 0 Å². The zero-order valence-corrected chi connectivity index (χ0v) is 26.7. The Balaban J connectivity index is 1.57. The monoisotopic (exact) mass is 625 g/mol. The zero-order chi connectivity index (χ0) is 32.1. The van der Waals surface area contributed by atoms with Gasteiger partial charge in [0.2, 0.25) is 11.9 Å². The van der Waals surface area contributed by atoms with E-state index in [9.17, 15) is 9.90 Å². The molecule has 2 aromatic rings. The van der Waals surface area contributed by atoms with E-state index < -0.39 is 11.3 Å². The van der Waals surface area contributed by atoms with Crippen LogP contribution in [0.15, 0.2) is 59.8 Å². The Hall–Kier alpha value is -3.87. The van der Waals surface area contributed by atoms with Crippen LogP contribution in [0.4, 0.5) is 11.8 Å².